The van der Waals surface area contributed by atoms with Crippen molar-refractivity contribution in [2.75, 3.05) is 33.2 Å². The lowest BCUT2D eigenvalue weighted by atomic mass is 9.82. The molecule has 3 saturated heterocycles. The summed E-state index contributed by atoms with van der Waals surface area (Å²) in [7, 11) is 2.36. The van der Waals surface area contributed by atoms with Crippen LogP contribution >= 0.6 is 0 Å². The molecule has 0 radical (unpaired) electrons. The molecule has 110 valence electrons. The molecular weight excluding hydrogens is 234 g/mol. The smallest absolute Gasteiger partial charge is 0.0125 e. The molecule has 3 heteroatoms. The highest BCUT2D eigenvalue weighted by molar-refractivity contribution is 4.96. The van der Waals surface area contributed by atoms with E-state index in [0.29, 0.717) is 0 Å². The summed E-state index contributed by atoms with van der Waals surface area (Å²) in [4.78, 5) is 5.51. The fraction of sp³-hybridized carbons (Fsp3) is 1.00. The van der Waals surface area contributed by atoms with Crippen molar-refractivity contribution in [1.29, 1.82) is 0 Å². The van der Waals surface area contributed by atoms with Gasteiger partial charge in [-0.3, -0.25) is 4.90 Å². The number of hydrogen-bond donors (Lipinski definition) is 1. The van der Waals surface area contributed by atoms with Crippen molar-refractivity contribution in [3.8, 4) is 0 Å². The van der Waals surface area contributed by atoms with Crippen LogP contribution in [0, 0.1) is 5.92 Å². The van der Waals surface area contributed by atoms with E-state index in [1.54, 1.807) is 0 Å². The Morgan fingerprint density at radius 2 is 1.79 bits per heavy atom. The van der Waals surface area contributed by atoms with Crippen molar-refractivity contribution in [3.63, 3.8) is 0 Å². The predicted molar refractivity (Wildman–Crippen MR) is 80.4 cm³/mol. The second-order valence-electron chi connectivity index (χ2n) is 6.99. The first kappa shape index (κ1) is 13.8. The van der Waals surface area contributed by atoms with E-state index in [1.165, 1.54) is 58.2 Å². The van der Waals surface area contributed by atoms with Crippen LogP contribution in [-0.4, -0.2) is 61.2 Å². The van der Waals surface area contributed by atoms with E-state index in [2.05, 4.69) is 29.1 Å². The van der Waals surface area contributed by atoms with E-state index >= 15 is 0 Å². The molecular formula is C16H31N3. The van der Waals surface area contributed by atoms with Crippen LogP contribution in [0.4, 0.5) is 0 Å². The van der Waals surface area contributed by atoms with Gasteiger partial charge in [0.25, 0.3) is 0 Å². The highest BCUT2D eigenvalue weighted by Gasteiger charge is 2.39. The normalized spacial score (nSPS) is 40.7. The van der Waals surface area contributed by atoms with Gasteiger partial charge >= 0.3 is 0 Å². The number of likely N-dealkylation sites (tertiary alicyclic amines) is 1. The molecule has 3 heterocycles. The fourth-order valence-electron chi connectivity index (χ4n) is 4.59. The second kappa shape index (κ2) is 6.11. The molecule has 0 aromatic rings. The van der Waals surface area contributed by atoms with Gasteiger partial charge in [0.1, 0.15) is 0 Å². The van der Waals surface area contributed by atoms with Crippen molar-refractivity contribution in [2.45, 2.75) is 63.6 Å². The fourth-order valence-corrected chi connectivity index (χ4v) is 4.59. The SMILES string of the molecule is CCNCC1CCN(C2CC3CCCC(C2)N3C)C1. The van der Waals surface area contributed by atoms with E-state index in [1.807, 2.05) is 0 Å². The molecule has 0 amide bonds. The van der Waals surface area contributed by atoms with E-state index in [9.17, 15) is 0 Å². The maximum atomic E-state index is 3.53. The summed E-state index contributed by atoms with van der Waals surface area (Å²) in [6.45, 7) is 7.26. The van der Waals surface area contributed by atoms with Crippen molar-refractivity contribution >= 4 is 0 Å². The molecule has 0 aromatic heterocycles. The molecule has 0 aromatic carbocycles. The lowest BCUT2D eigenvalue weighted by Gasteiger charge is -2.49. The maximum absolute atomic E-state index is 3.53. The molecule has 3 aliphatic heterocycles. The second-order valence-corrected chi connectivity index (χ2v) is 6.99. The highest BCUT2D eigenvalue weighted by atomic mass is 15.2. The molecule has 0 aliphatic carbocycles. The number of fused-ring (bicyclic) bond motifs is 2. The molecule has 3 atom stereocenters. The number of nitrogens with one attached hydrogen (secondary N) is 1. The van der Waals surface area contributed by atoms with Crippen LogP contribution in [0.2, 0.25) is 0 Å². The van der Waals surface area contributed by atoms with Crippen LogP contribution in [0.5, 0.6) is 0 Å². The quantitative estimate of drug-likeness (QED) is 0.838. The van der Waals surface area contributed by atoms with Gasteiger partial charge < -0.3 is 10.2 Å². The van der Waals surface area contributed by atoms with Crippen molar-refractivity contribution in [3.05, 3.63) is 0 Å². The molecule has 2 bridgehead atoms. The summed E-state index contributed by atoms with van der Waals surface area (Å²) in [5, 5.41) is 3.53. The lowest BCUT2D eigenvalue weighted by molar-refractivity contribution is 0.0149. The van der Waals surface area contributed by atoms with Gasteiger partial charge in [-0.15, -0.1) is 0 Å². The first-order valence-electron chi connectivity index (χ1n) is 8.44. The highest BCUT2D eigenvalue weighted by Crippen LogP contribution is 2.36. The van der Waals surface area contributed by atoms with Crippen molar-refractivity contribution in [2.24, 2.45) is 5.92 Å². The number of piperidine rings is 2. The summed E-state index contributed by atoms with van der Waals surface area (Å²) < 4.78 is 0. The van der Waals surface area contributed by atoms with Crippen molar-refractivity contribution in [1.82, 2.24) is 15.1 Å². The molecule has 3 nitrogen and oxygen atoms in total. The third-order valence-electron chi connectivity index (χ3n) is 5.83. The van der Waals surface area contributed by atoms with E-state index in [4.69, 9.17) is 0 Å². The van der Waals surface area contributed by atoms with Gasteiger partial charge in [-0.2, -0.15) is 0 Å². The van der Waals surface area contributed by atoms with E-state index in [0.717, 1.165) is 30.6 Å². The van der Waals surface area contributed by atoms with Gasteiger partial charge in [0.15, 0.2) is 0 Å². The minimum absolute atomic E-state index is 0.880. The van der Waals surface area contributed by atoms with Gasteiger partial charge in [-0.05, 0) is 64.7 Å². The zero-order valence-corrected chi connectivity index (χ0v) is 12.8. The largest absolute Gasteiger partial charge is 0.317 e. The molecule has 3 rings (SSSR count). The monoisotopic (exact) mass is 265 g/mol. The van der Waals surface area contributed by atoms with Crippen molar-refractivity contribution < 1.29 is 0 Å². The Morgan fingerprint density at radius 3 is 2.47 bits per heavy atom. The summed E-state index contributed by atoms with van der Waals surface area (Å²) in [6, 6.07) is 2.65. The topological polar surface area (TPSA) is 18.5 Å². The van der Waals surface area contributed by atoms with Crippen LogP contribution in [0.15, 0.2) is 0 Å². The first-order valence-corrected chi connectivity index (χ1v) is 8.44. The lowest BCUT2D eigenvalue weighted by Crippen LogP contribution is -2.55. The molecule has 3 unspecified atom stereocenters. The summed E-state index contributed by atoms with van der Waals surface area (Å²) in [6.07, 6.45) is 8.63. The van der Waals surface area contributed by atoms with Crippen LogP contribution in [0.25, 0.3) is 0 Å². The molecule has 3 aliphatic rings. The number of rotatable bonds is 4. The Bertz CT molecular complexity index is 280. The standard InChI is InChI=1S/C16H31N3/c1-3-17-11-13-7-8-19(12-13)16-9-14-5-4-6-15(10-16)18(14)2/h13-17H,3-12H2,1-2H3. The average Bonchev–Trinajstić information content (AvgIpc) is 2.85. The Hall–Kier alpha value is -0.120. The molecule has 19 heavy (non-hydrogen) atoms. The Morgan fingerprint density at radius 1 is 1.05 bits per heavy atom. The van der Waals surface area contributed by atoms with Gasteiger partial charge in [0, 0.05) is 24.7 Å². The molecule has 3 fully saturated rings. The zero-order chi connectivity index (χ0) is 13.2. The van der Waals surface area contributed by atoms with E-state index < -0.39 is 0 Å². The van der Waals surface area contributed by atoms with Crippen LogP contribution in [0.3, 0.4) is 0 Å². The van der Waals surface area contributed by atoms with E-state index in [-0.39, 0.29) is 0 Å². The van der Waals surface area contributed by atoms with Crippen LogP contribution < -0.4 is 5.32 Å². The van der Waals surface area contributed by atoms with Gasteiger partial charge in [0.05, 0.1) is 0 Å². The molecule has 1 N–H and O–H groups in total. The minimum Gasteiger partial charge on any atom is -0.317 e. The average molecular weight is 265 g/mol. The summed E-state index contributed by atoms with van der Waals surface area (Å²) >= 11 is 0. The number of hydrogen-bond acceptors (Lipinski definition) is 3. The van der Waals surface area contributed by atoms with Gasteiger partial charge in [0.2, 0.25) is 0 Å². The zero-order valence-electron chi connectivity index (χ0n) is 12.8. The Kier molecular flexibility index (Phi) is 4.45. The minimum atomic E-state index is 0.880. The Balaban J connectivity index is 1.53. The first-order chi connectivity index (χ1) is 9.28. The predicted octanol–water partition coefficient (Wildman–Crippen LogP) is 1.93. The van der Waals surface area contributed by atoms with Gasteiger partial charge in [-0.25, -0.2) is 0 Å². The van der Waals surface area contributed by atoms with Gasteiger partial charge in [-0.1, -0.05) is 13.3 Å². The Labute approximate surface area is 118 Å². The number of nitrogens with zero attached hydrogens (tertiary/aromatic N) is 2. The summed E-state index contributed by atoms with van der Waals surface area (Å²) in [5.41, 5.74) is 0. The third kappa shape index (κ3) is 2.98. The van der Waals surface area contributed by atoms with Crippen LogP contribution in [-0.2, 0) is 0 Å². The summed E-state index contributed by atoms with van der Waals surface area (Å²) in [5.74, 6) is 0.902. The van der Waals surface area contributed by atoms with Crippen LogP contribution in [0.1, 0.15) is 45.4 Å². The molecule has 0 saturated carbocycles. The maximum Gasteiger partial charge on any atom is 0.0125 e. The third-order valence-corrected chi connectivity index (χ3v) is 5.83. The molecule has 0 spiro atoms.